The summed E-state index contributed by atoms with van der Waals surface area (Å²) in [6, 6.07) is 14.2. The van der Waals surface area contributed by atoms with E-state index in [1.807, 2.05) is 17.4 Å². The van der Waals surface area contributed by atoms with E-state index in [1.54, 1.807) is 17.8 Å². The van der Waals surface area contributed by atoms with Crippen molar-refractivity contribution in [1.82, 2.24) is 4.98 Å². The lowest BCUT2D eigenvalue weighted by atomic mass is 9.97. The predicted octanol–water partition coefficient (Wildman–Crippen LogP) is 7.59. The van der Waals surface area contributed by atoms with Crippen molar-refractivity contribution in [1.29, 1.82) is 0 Å². The van der Waals surface area contributed by atoms with Crippen molar-refractivity contribution < 1.29 is 4.42 Å². The van der Waals surface area contributed by atoms with E-state index in [4.69, 9.17) is 9.40 Å². The summed E-state index contributed by atoms with van der Waals surface area (Å²) < 4.78 is 6.67. The van der Waals surface area contributed by atoms with Crippen LogP contribution in [0.2, 0.25) is 0 Å². The van der Waals surface area contributed by atoms with Crippen LogP contribution in [-0.2, 0) is 0 Å². The molecule has 32 heavy (non-hydrogen) atoms. The first kappa shape index (κ1) is 20.3. The predicted molar refractivity (Wildman–Crippen MR) is 132 cm³/mol. The van der Waals surface area contributed by atoms with Crippen LogP contribution in [0.25, 0.3) is 22.1 Å². The minimum absolute atomic E-state index is 0.318. The van der Waals surface area contributed by atoms with E-state index in [0.29, 0.717) is 5.58 Å². The van der Waals surface area contributed by atoms with Gasteiger partial charge >= 0.3 is 5.63 Å². The third-order valence-electron chi connectivity index (χ3n) is 6.54. The number of benzene rings is 2. The molecular formula is C27H25NO2S2. The van der Waals surface area contributed by atoms with E-state index < -0.39 is 0 Å². The summed E-state index contributed by atoms with van der Waals surface area (Å²) >= 11 is 3.51. The fourth-order valence-corrected chi connectivity index (χ4v) is 7.19. The largest absolute Gasteiger partial charge is 0.423 e. The third kappa shape index (κ3) is 4.04. The Balaban J connectivity index is 1.32. The van der Waals surface area contributed by atoms with E-state index in [9.17, 15) is 4.79 Å². The molecule has 2 saturated carbocycles. The van der Waals surface area contributed by atoms with Crippen LogP contribution in [0.3, 0.4) is 0 Å². The number of thiazole rings is 1. The highest BCUT2D eigenvalue weighted by Crippen LogP contribution is 2.56. The van der Waals surface area contributed by atoms with Crippen LogP contribution in [0.1, 0.15) is 47.6 Å². The topological polar surface area (TPSA) is 43.1 Å². The lowest BCUT2D eigenvalue weighted by Crippen LogP contribution is -2.00. The van der Waals surface area contributed by atoms with Gasteiger partial charge in [0.05, 0.1) is 0 Å². The van der Waals surface area contributed by atoms with E-state index >= 15 is 0 Å². The molecule has 0 bridgehead atoms. The van der Waals surface area contributed by atoms with E-state index in [1.165, 1.54) is 41.7 Å². The fourth-order valence-electron chi connectivity index (χ4n) is 4.91. The van der Waals surface area contributed by atoms with Gasteiger partial charge in [-0.05, 0) is 80.7 Å². The Kier molecular flexibility index (Phi) is 4.99. The summed E-state index contributed by atoms with van der Waals surface area (Å²) in [6.45, 7) is 4.16. The minimum Gasteiger partial charge on any atom is -0.423 e. The Hall–Kier alpha value is -2.37. The molecule has 0 unspecified atom stereocenters. The van der Waals surface area contributed by atoms with Gasteiger partial charge in [0.2, 0.25) is 0 Å². The van der Waals surface area contributed by atoms with Crippen molar-refractivity contribution >= 4 is 34.1 Å². The normalized spacial score (nSPS) is 16.2. The van der Waals surface area contributed by atoms with Gasteiger partial charge in [0.25, 0.3) is 0 Å². The van der Waals surface area contributed by atoms with Gasteiger partial charge in [-0.1, -0.05) is 41.1 Å². The van der Waals surface area contributed by atoms with Gasteiger partial charge in [-0.25, -0.2) is 9.78 Å². The molecule has 3 nitrogen and oxygen atoms in total. The maximum absolute atomic E-state index is 12.4. The molecule has 2 aromatic carbocycles. The number of aryl methyl sites for hydroxylation is 2. The molecule has 0 amide bonds. The molecule has 0 aliphatic heterocycles. The lowest BCUT2D eigenvalue weighted by Gasteiger charge is -2.11. The minimum atomic E-state index is -0.318. The van der Waals surface area contributed by atoms with Crippen LogP contribution in [0.4, 0.5) is 0 Å². The monoisotopic (exact) mass is 459 g/mol. The fraction of sp³-hybridized carbons (Fsp3) is 0.333. The number of aromatic nitrogens is 1. The highest BCUT2D eigenvalue weighted by atomic mass is 32.2. The third-order valence-corrected chi connectivity index (χ3v) is 8.71. The maximum atomic E-state index is 12.4. The van der Waals surface area contributed by atoms with Gasteiger partial charge in [-0.15, -0.1) is 11.3 Å². The average Bonchev–Trinajstić information content (AvgIpc) is 3.67. The number of hydrogen-bond donors (Lipinski definition) is 0. The summed E-state index contributed by atoms with van der Waals surface area (Å²) in [5, 5.41) is 0.960. The van der Waals surface area contributed by atoms with Crippen molar-refractivity contribution in [3.05, 3.63) is 75.1 Å². The van der Waals surface area contributed by atoms with Gasteiger partial charge in [-0.3, -0.25) is 0 Å². The van der Waals surface area contributed by atoms with Gasteiger partial charge in [0.1, 0.15) is 5.58 Å². The standard InChI is InChI=1S/C27H25NO2S2/c1-15-9-16(2)11-19(10-15)22-13-25(29)30-23-12-20(7-8-21(22)23)31-27-28-14-24(32-27)26(17-3-4-17)18-5-6-18/h7-14,17-18,26H,3-6H2,1-2H3. The van der Waals surface area contributed by atoms with Gasteiger partial charge in [-0.2, -0.15) is 0 Å². The second-order valence-electron chi connectivity index (χ2n) is 9.34. The molecule has 5 heteroatoms. The zero-order valence-corrected chi connectivity index (χ0v) is 19.9. The molecule has 6 rings (SSSR count). The zero-order chi connectivity index (χ0) is 21.8. The molecule has 0 N–H and O–H groups in total. The van der Waals surface area contributed by atoms with Gasteiger partial charge in [0, 0.05) is 33.3 Å². The van der Waals surface area contributed by atoms with Crippen LogP contribution in [0.5, 0.6) is 0 Å². The Morgan fingerprint density at radius 1 is 1.00 bits per heavy atom. The second-order valence-corrected chi connectivity index (χ2v) is 11.7. The maximum Gasteiger partial charge on any atom is 0.336 e. The molecule has 0 spiro atoms. The van der Waals surface area contributed by atoms with Crippen molar-refractivity contribution in [2.24, 2.45) is 11.8 Å². The van der Waals surface area contributed by atoms with E-state index in [2.05, 4.69) is 50.4 Å². The zero-order valence-electron chi connectivity index (χ0n) is 18.3. The molecule has 2 aliphatic rings. The summed E-state index contributed by atoms with van der Waals surface area (Å²) in [6.07, 6.45) is 7.64. The molecule has 4 aromatic rings. The smallest absolute Gasteiger partial charge is 0.336 e. The van der Waals surface area contributed by atoms with Crippen LogP contribution in [0, 0.1) is 25.7 Å². The SMILES string of the molecule is Cc1cc(C)cc(-c2cc(=O)oc3cc(Sc4ncc(C(C5CC5)C5CC5)s4)ccc23)c1. The van der Waals surface area contributed by atoms with Crippen LogP contribution in [-0.4, -0.2) is 4.98 Å². The first-order valence-electron chi connectivity index (χ1n) is 11.3. The summed E-state index contributed by atoms with van der Waals surface area (Å²) in [5.74, 6) is 2.51. The van der Waals surface area contributed by atoms with Crippen molar-refractivity contribution in [3.63, 3.8) is 0 Å². The highest BCUT2D eigenvalue weighted by molar-refractivity contribution is 8.01. The van der Waals surface area contributed by atoms with Crippen molar-refractivity contribution in [3.8, 4) is 11.1 Å². The average molecular weight is 460 g/mol. The number of fused-ring (bicyclic) bond motifs is 1. The van der Waals surface area contributed by atoms with Gasteiger partial charge < -0.3 is 4.42 Å². The molecule has 2 fully saturated rings. The molecular weight excluding hydrogens is 434 g/mol. The van der Waals surface area contributed by atoms with Crippen molar-refractivity contribution in [2.45, 2.75) is 54.7 Å². The Labute approximate surface area is 195 Å². The molecule has 2 heterocycles. The van der Waals surface area contributed by atoms with Crippen LogP contribution in [0.15, 0.2) is 67.1 Å². The highest BCUT2D eigenvalue weighted by Gasteiger charge is 2.43. The summed E-state index contributed by atoms with van der Waals surface area (Å²) in [7, 11) is 0. The van der Waals surface area contributed by atoms with Gasteiger partial charge in [0.15, 0.2) is 4.34 Å². The second kappa shape index (κ2) is 7.89. The summed E-state index contributed by atoms with van der Waals surface area (Å²) in [5.41, 5.74) is 4.65. The van der Waals surface area contributed by atoms with E-state index in [0.717, 1.165) is 43.5 Å². The lowest BCUT2D eigenvalue weighted by molar-refractivity contribution is 0.546. The van der Waals surface area contributed by atoms with Crippen molar-refractivity contribution in [2.75, 3.05) is 0 Å². The number of nitrogens with zero attached hydrogens (tertiary/aromatic N) is 1. The molecule has 0 saturated heterocycles. The Bertz CT molecular complexity index is 1350. The molecule has 0 atom stereocenters. The Morgan fingerprint density at radius 2 is 1.72 bits per heavy atom. The molecule has 2 aromatic heterocycles. The molecule has 162 valence electrons. The van der Waals surface area contributed by atoms with Crippen LogP contribution < -0.4 is 5.63 Å². The molecule has 0 radical (unpaired) electrons. The first-order valence-corrected chi connectivity index (χ1v) is 13.0. The number of rotatable bonds is 6. The number of hydrogen-bond acceptors (Lipinski definition) is 5. The summed E-state index contributed by atoms with van der Waals surface area (Å²) in [4.78, 5) is 19.6. The Morgan fingerprint density at radius 3 is 2.41 bits per heavy atom. The molecule has 2 aliphatic carbocycles. The quantitative estimate of drug-likeness (QED) is 0.279. The van der Waals surface area contributed by atoms with Crippen LogP contribution >= 0.6 is 23.1 Å². The first-order chi connectivity index (χ1) is 15.5. The van der Waals surface area contributed by atoms with E-state index in [-0.39, 0.29) is 5.63 Å².